The van der Waals surface area contributed by atoms with Crippen LogP contribution in [0.4, 0.5) is 0 Å². The summed E-state index contributed by atoms with van der Waals surface area (Å²) in [4.78, 5) is 0. The molecular formula is C16H31NO. The van der Waals surface area contributed by atoms with Gasteiger partial charge in [0.1, 0.15) is 0 Å². The van der Waals surface area contributed by atoms with Crippen LogP contribution in [0.15, 0.2) is 0 Å². The number of hydrogen-bond donors (Lipinski definition) is 2. The molecule has 18 heavy (non-hydrogen) atoms. The van der Waals surface area contributed by atoms with Crippen LogP contribution >= 0.6 is 0 Å². The maximum atomic E-state index is 9.46. The van der Waals surface area contributed by atoms with Gasteiger partial charge in [-0.15, -0.1) is 0 Å². The molecule has 0 bridgehead atoms. The molecule has 0 aliphatic heterocycles. The molecule has 2 aliphatic rings. The average Bonchev–Trinajstić information content (AvgIpc) is 2.41. The second-order valence-electron chi connectivity index (χ2n) is 6.77. The number of aliphatic hydroxyl groups excluding tert-OH is 1. The van der Waals surface area contributed by atoms with E-state index in [2.05, 4.69) is 19.2 Å². The molecule has 2 heteroatoms. The van der Waals surface area contributed by atoms with Crippen LogP contribution in [0, 0.1) is 23.7 Å². The van der Waals surface area contributed by atoms with Crippen LogP contribution in [0.2, 0.25) is 0 Å². The fourth-order valence-electron chi connectivity index (χ4n) is 3.97. The molecule has 2 aliphatic carbocycles. The molecule has 5 unspecified atom stereocenters. The van der Waals surface area contributed by atoms with E-state index in [0.29, 0.717) is 18.4 Å². The third-order valence-electron chi connectivity index (χ3n) is 5.65. The Balaban J connectivity index is 1.79. The summed E-state index contributed by atoms with van der Waals surface area (Å²) in [5, 5.41) is 13.3. The Morgan fingerprint density at radius 2 is 1.67 bits per heavy atom. The third-order valence-corrected chi connectivity index (χ3v) is 5.65. The highest BCUT2D eigenvalue weighted by molar-refractivity contribution is 4.84. The molecule has 0 heterocycles. The van der Waals surface area contributed by atoms with Crippen LogP contribution in [0.25, 0.3) is 0 Å². The molecular weight excluding hydrogens is 222 g/mol. The largest absolute Gasteiger partial charge is 0.396 e. The quantitative estimate of drug-likeness (QED) is 0.806. The summed E-state index contributed by atoms with van der Waals surface area (Å²) < 4.78 is 0. The van der Waals surface area contributed by atoms with Crippen molar-refractivity contribution in [1.29, 1.82) is 0 Å². The minimum atomic E-state index is 0.392. The molecule has 2 fully saturated rings. The monoisotopic (exact) mass is 253 g/mol. The third kappa shape index (κ3) is 3.48. The van der Waals surface area contributed by atoms with E-state index in [1.54, 1.807) is 0 Å². The van der Waals surface area contributed by atoms with E-state index >= 15 is 0 Å². The second kappa shape index (κ2) is 6.91. The van der Waals surface area contributed by atoms with Crippen molar-refractivity contribution in [3.63, 3.8) is 0 Å². The van der Waals surface area contributed by atoms with Gasteiger partial charge in [-0.3, -0.25) is 0 Å². The Hall–Kier alpha value is -0.0800. The van der Waals surface area contributed by atoms with Crippen molar-refractivity contribution in [2.75, 3.05) is 13.2 Å². The van der Waals surface area contributed by atoms with Crippen molar-refractivity contribution in [3.05, 3.63) is 0 Å². The van der Waals surface area contributed by atoms with Gasteiger partial charge in [0.05, 0.1) is 0 Å². The second-order valence-corrected chi connectivity index (χ2v) is 6.77. The number of hydrogen-bond acceptors (Lipinski definition) is 2. The van der Waals surface area contributed by atoms with Crippen LogP contribution < -0.4 is 5.32 Å². The summed E-state index contributed by atoms with van der Waals surface area (Å²) in [5.41, 5.74) is 0. The van der Waals surface area contributed by atoms with Crippen molar-refractivity contribution in [2.24, 2.45) is 23.7 Å². The zero-order chi connectivity index (χ0) is 13.0. The minimum absolute atomic E-state index is 0.392. The first kappa shape index (κ1) is 14.3. The van der Waals surface area contributed by atoms with Crippen LogP contribution in [0.5, 0.6) is 0 Å². The lowest BCUT2D eigenvalue weighted by Crippen LogP contribution is -2.44. The van der Waals surface area contributed by atoms with Gasteiger partial charge in [0.25, 0.3) is 0 Å². The van der Waals surface area contributed by atoms with Crippen molar-refractivity contribution < 1.29 is 5.11 Å². The first-order valence-electron chi connectivity index (χ1n) is 8.06. The molecule has 0 aromatic carbocycles. The SMILES string of the molecule is CC1CCCC(NCC2CCCCC2CO)C1C. The first-order valence-corrected chi connectivity index (χ1v) is 8.06. The number of nitrogens with one attached hydrogen (secondary N) is 1. The summed E-state index contributed by atoms with van der Waals surface area (Å²) in [7, 11) is 0. The highest BCUT2D eigenvalue weighted by Crippen LogP contribution is 2.32. The molecule has 106 valence electrons. The van der Waals surface area contributed by atoms with E-state index in [4.69, 9.17) is 0 Å². The Kier molecular flexibility index (Phi) is 5.50. The van der Waals surface area contributed by atoms with E-state index in [9.17, 15) is 5.11 Å². The maximum absolute atomic E-state index is 9.46. The molecule has 0 aromatic heterocycles. The van der Waals surface area contributed by atoms with Gasteiger partial charge in [-0.05, 0) is 49.5 Å². The van der Waals surface area contributed by atoms with Gasteiger partial charge in [0, 0.05) is 12.6 Å². The molecule has 2 saturated carbocycles. The zero-order valence-corrected chi connectivity index (χ0v) is 12.2. The predicted octanol–water partition coefficient (Wildman–Crippen LogP) is 3.20. The highest BCUT2D eigenvalue weighted by Gasteiger charge is 2.29. The van der Waals surface area contributed by atoms with Crippen LogP contribution in [0.3, 0.4) is 0 Å². The maximum Gasteiger partial charge on any atom is 0.0462 e. The minimum Gasteiger partial charge on any atom is -0.396 e. The molecule has 0 amide bonds. The predicted molar refractivity (Wildman–Crippen MR) is 76.5 cm³/mol. The van der Waals surface area contributed by atoms with Gasteiger partial charge in [-0.1, -0.05) is 39.5 Å². The molecule has 2 N–H and O–H groups in total. The van der Waals surface area contributed by atoms with Crippen molar-refractivity contribution >= 4 is 0 Å². The van der Waals surface area contributed by atoms with Gasteiger partial charge < -0.3 is 10.4 Å². The molecule has 0 aromatic rings. The van der Waals surface area contributed by atoms with Gasteiger partial charge in [0.2, 0.25) is 0 Å². The smallest absolute Gasteiger partial charge is 0.0462 e. The average molecular weight is 253 g/mol. The summed E-state index contributed by atoms with van der Waals surface area (Å²) in [6.07, 6.45) is 9.37. The van der Waals surface area contributed by atoms with E-state index < -0.39 is 0 Å². The first-order chi connectivity index (χ1) is 8.72. The van der Waals surface area contributed by atoms with Crippen molar-refractivity contribution in [2.45, 2.75) is 64.8 Å². The van der Waals surface area contributed by atoms with E-state index in [1.165, 1.54) is 44.9 Å². The van der Waals surface area contributed by atoms with Crippen LogP contribution in [-0.4, -0.2) is 24.3 Å². The Labute approximate surface area is 113 Å². The van der Waals surface area contributed by atoms with Crippen molar-refractivity contribution in [3.8, 4) is 0 Å². The number of rotatable bonds is 4. The van der Waals surface area contributed by atoms with Crippen molar-refractivity contribution in [1.82, 2.24) is 5.32 Å². The molecule has 2 rings (SSSR count). The van der Waals surface area contributed by atoms with E-state index in [-0.39, 0.29) is 0 Å². The fourth-order valence-corrected chi connectivity index (χ4v) is 3.97. The Morgan fingerprint density at radius 3 is 2.39 bits per heavy atom. The van der Waals surface area contributed by atoms with Gasteiger partial charge >= 0.3 is 0 Å². The van der Waals surface area contributed by atoms with Crippen LogP contribution in [0.1, 0.15) is 58.8 Å². The molecule has 0 saturated heterocycles. The lowest BCUT2D eigenvalue weighted by molar-refractivity contribution is 0.121. The zero-order valence-electron chi connectivity index (χ0n) is 12.2. The van der Waals surface area contributed by atoms with Gasteiger partial charge in [-0.25, -0.2) is 0 Å². The lowest BCUT2D eigenvalue weighted by atomic mass is 9.76. The molecule has 0 spiro atoms. The topological polar surface area (TPSA) is 32.3 Å². The Morgan fingerprint density at radius 1 is 0.944 bits per heavy atom. The standard InChI is InChI=1S/C16H31NO/c1-12-6-5-9-16(13(12)2)17-10-14-7-3-4-8-15(14)11-18/h12-18H,3-11H2,1-2H3. The van der Waals surface area contributed by atoms with E-state index in [1.807, 2.05) is 0 Å². The highest BCUT2D eigenvalue weighted by atomic mass is 16.3. The van der Waals surface area contributed by atoms with Crippen LogP contribution in [-0.2, 0) is 0 Å². The summed E-state index contributed by atoms with van der Waals surface area (Å²) >= 11 is 0. The summed E-state index contributed by atoms with van der Waals surface area (Å²) in [6.45, 7) is 6.33. The molecule has 0 radical (unpaired) electrons. The Bertz CT molecular complexity index is 235. The summed E-state index contributed by atoms with van der Waals surface area (Å²) in [6, 6.07) is 0.718. The van der Waals surface area contributed by atoms with Gasteiger partial charge in [-0.2, -0.15) is 0 Å². The fraction of sp³-hybridized carbons (Fsp3) is 1.00. The normalized spacial score (nSPS) is 41.8. The molecule has 2 nitrogen and oxygen atoms in total. The molecule has 5 atom stereocenters. The summed E-state index contributed by atoms with van der Waals surface area (Å²) in [5.74, 6) is 2.96. The number of aliphatic hydroxyl groups is 1. The van der Waals surface area contributed by atoms with Gasteiger partial charge in [0.15, 0.2) is 0 Å². The van der Waals surface area contributed by atoms with E-state index in [0.717, 1.165) is 24.4 Å². The lowest BCUT2D eigenvalue weighted by Gasteiger charge is -2.37.